The Hall–Kier alpha value is -1.60. The van der Waals surface area contributed by atoms with Crippen LogP contribution < -0.4 is 20.1 Å². The van der Waals surface area contributed by atoms with Crippen molar-refractivity contribution in [3.05, 3.63) is 23.8 Å². The standard InChI is InChI=1S/C18H31N3O3S/c1-7-19-17(21-12-18(2,3)25-6)20-11-16(22)13-8-14(23-4)10-15(9-13)24-5/h8-10,16,22H,7,11-12H2,1-6H3,(H2,19,20,21). The second kappa shape index (κ2) is 10.4. The molecule has 0 amide bonds. The second-order valence-corrected chi connectivity index (χ2v) is 7.72. The van der Waals surface area contributed by atoms with Gasteiger partial charge in [-0.05, 0) is 44.7 Å². The van der Waals surface area contributed by atoms with E-state index in [0.29, 0.717) is 30.5 Å². The number of hydrogen-bond donors (Lipinski definition) is 3. The number of benzene rings is 1. The van der Waals surface area contributed by atoms with E-state index in [4.69, 9.17) is 9.47 Å². The summed E-state index contributed by atoms with van der Waals surface area (Å²) in [6.07, 6.45) is 1.37. The molecule has 142 valence electrons. The molecule has 0 radical (unpaired) electrons. The fourth-order valence-electron chi connectivity index (χ4n) is 2.01. The quantitative estimate of drug-likeness (QED) is 0.459. The third-order valence-corrected chi connectivity index (χ3v) is 4.97. The Kier molecular flexibility index (Phi) is 8.92. The molecule has 1 unspecified atom stereocenters. The first kappa shape index (κ1) is 21.4. The molecule has 7 heteroatoms. The Bertz CT molecular complexity index is 542. The minimum Gasteiger partial charge on any atom is -0.497 e. The number of aliphatic imine (C=N–C) groups is 1. The van der Waals surface area contributed by atoms with E-state index in [1.165, 1.54) is 0 Å². The summed E-state index contributed by atoms with van der Waals surface area (Å²) in [7, 11) is 3.18. The number of aliphatic hydroxyl groups is 1. The molecule has 0 aliphatic carbocycles. The van der Waals surface area contributed by atoms with Gasteiger partial charge >= 0.3 is 0 Å². The first-order chi connectivity index (χ1) is 11.8. The molecular formula is C18H31N3O3S. The van der Waals surface area contributed by atoms with E-state index in [-0.39, 0.29) is 4.75 Å². The van der Waals surface area contributed by atoms with Crippen LogP contribution in [0.1, 0.15) is 32.4 Å². The Morgan fingerprint density at radius 3 is 2.28 bits per heavy atom. The summed E-state index contributed by atoms with van der Waals surface area (Å²) in [5.74, 6) is 1.99. The number of hydrogen-bond acceptors (Lipinski definition) is 5. The summed E-state index contributed by atoms with van der Waals surface area (Å²) in [5.41, 5.74) is 0.726. The highest BCUT2D eigenvalue weighted by Gasteiger charge is 2.16. The van der Waals surface area contributed by atoms with Crippen molar-refractivity contribution < 1.29 is 14.6 Å². The van der Waals surface area contributed by atoms with Crippen molar-refractivity contribution in [1.29, 1.82) is 0 Å². The molecule has 0 saturated carbocycles. The fourth-order valence-corrected chi connectivity index (χ4v) is 2.20. The third kappa shape index (κ3) is 7.44. The normalized spacial score (nSPS) is 13.3. The Morgan fingerprint density at radius 2 is 1.80 bits per heavy atom. The Labute approximate surface area is 155 Å². The SMILES string of the molecule is CCNC(=NCC(C)(C)SC)NCC(O)c1cc(OC)cc(OC)c1. The summed E-state index contributed by atoms with van der Waals surface area (Å²) in [4.78, 5) is 4.60. The van der Waals surface area contributed by atoms with Gasteiger partial charge in [0.1, 0.15) is 11.5 Å². The molecule has 25 heavy (non-hydrogen) atoms. The minimum absolute atomic E-state index is 0.0706. The Morgan fingerprint density at radius 1 is 1.20 bits per heavy atom. The predicted octanol–water partition coefficient (Wildman–Crippen LogP) is 2.43. The molecule has 0 fully saturated rings. The van der Waals surface area contributed by atoms with Crippen molar-refractivity contribution in [2.24, 2.45) is 4.99 Å². The van der Waals surface area contributed by atoms with Gasteiger partial charge in [-0.25, -0.2) is 0 Å². The van der Waals surface area contributed by atoms with Crippen molar-refractivity contribution in [2.45, 2.75) is 31.6 Å². The maximum absolute atomic E-state index is 10.5. The Balaban J connectivity index is 2.77. The molecule has 0 spiro atoms. The molecule has 3 N–H and O–H groups in total. The zero-order chi connectivity index (χ0) is 18.9. The molecule has 0 heterocycles. The number of rotatable bonds is 9. The minimum atomic E-state index is -0.707. The highest BCUT2D eigenvalue weighted by molar-refractivity contribution is 7.99. The fraction of sp³-hybridized carbons (Fsp3) is 0.611. The van der Waals surface area contributed by atoms with Gasteiger partial charge in [0.25, 0.3) is 0 Å². The van der Waals surface area contributed by atoms with Crippen LogP contribution in [0.15, 0.2) is 23.2 Å². The lowest BCUT2D eigenvalue weighted by molar-refractivity contribution is 0.180. The molecule has 0 aromatic heterocycles. The van der Waals surface area contributed by atoms with Crippen LogP contribution in [-0.4, -0.2) is 55.9 Å². The van der Waals surface area contributed by atoms with Crippen LogP contribution in [0.2, 0.25) is 0 Å². The van der Waals surface area contributed by atoms with Crippen molar-refractivity contribution in [1.82, 2.24) is 10.6 Å². The summed E-state index contributed by atoms with van der Waals surface area (Å²) in [5, 5.41) is 16.9. The van der Waals surface area contributed by atoms with E-state index in [9.17, 15) is 5.11 Å². The molecule has 1 aromatic rings. The number of nitrogens with one attached hydrogen (secondary N) is 2. The lowest BCUT2D eigenvalue weighted by Crippen LogP contribution is -2.40. The zero-order valence-electron chi connectivity index (χ0n) is 16.0. The third-order valence-electron chi connectivity index (χ3n) is 3.74. The topological polar surface area (TPSA) is 75.1 Å². The van der Waals surface area contributed by atoms with E-state index in [2.05, 4.69) is 35.7 Å². The largest absolute Gasteiger partial charge is 0.497 e. The van der Waals surface area contributed by atoms with E-state index >= 15 is 0 Å². The van der Waals surface area contributed by atoms with Gasteiger partial charge in [-0.1, -0.05) is 0 Å². The van der Waals surface area contributed by atoms with Crippen molar-refractivity contribution in [3.8, 4) is 11.5 Å². The number of aliphatic hydroxyl groups excluding tert-OH is 1. The summed E-state index contributed by atoms with van der Waals surface area (Å²) < 4.78 is 10.6. The van der Waals surface area contributed by atoms with Crippen LogP contribution >= 0.6 is 11.8 Å². The van der Waals surface area contributed by atoms with E-state index in [0.717, 1.165) is 12.1 Å². The molecular weight excluding hydrogens is 338 g/mol. The van der Waals surface area contributed by atoms with Crippen LogP contribution in [0.3, 0.4) is 0 Å². The van der Waals surface area contributed by atoms with Crippen molar-refractivity contribution in [2.75, 3.05) is 40.1 Å². The highest BCUT2D eigenvalue weighted by Crippen LogP contribution is 2.26. The van der Waals surface area contributed by atoms with Gasteiger partial charge in [0.05, 0.1) is 26.9 Å². The van der Waals surface area contributed by atoms with Crippen molar-refractivity contribution in [3.63, 3.8) is 0 Å². The maximum atomic E-state index is 10.5. The molecule has 0 aliphatic heterocycles. The van der Waals surface area contributed by atoms with Gasteiger partial charge in [0.2, 0.25) is 0 Å². The number of methoxy groups -OCH3 is 2. The molecule has 1 atom stereocenters. The van der Waals surface area contributed by atoms with E-state index < -0.39 is 6.10 Å². The van der Waals surface area contributed by atoms with Crippen LogP contribution in [0.4, 0.5) is 0 Å². The summed E-state index contributed by atoms with van der Waals surface area (Å²) >= 11 is 1.78. The average Bonchev–Trinajstić information content (AvgIpc) is 2.63. The number of nitrogens with zero attached hydrogens (tertiary/aromatic N) is 1. The van der Waals surface area contributed by atoms with Crippen molar-refractivity contribution >= 4 is 17.7 Å². The molecule has 0 saturated heterocycles. The molecule has 1 rings (SSSR count). The second-order valence-electron chi connectivity index (χ2n) is 6.20. The smallest absolute Gasteiger partial charge is 0.191 e. The van der Waals surface area contributed by atoms with Gasteiger partial charge in [0.15, 0.2) is 5.96 Å². The van der Waals surface area contributed by atoms with E-state index in [1.54, 1.807) is 44.2 Å². The molecule has 1 aromatic carbocycles. The first-order valence-electron chi connectivity index (χ1n) is 8.33. The van der Waals surface area contributed by atoms with Gasteiger partial charge in [0, 0.05) is 23.9 Å². The van der Waals surface area contributed by atoms with Crippen LogP contribution in [-0.2, 0) is 0 Å². The maximum Gasteiger partial charge on any atom is 0.191 e. The van der Waals surface area contributed by atoms with Gasteiger partial charge in [-0.15, -0.1) is 0 Å². The van der Waals surface area contributed by atoms with Gasteiger partial charge in [-0.2, -0.15) is 11.8 Å². The molecule has 0 aliphatic rings. The molecule has 6 nitrogen and oxygen atoms in total. The first-order valence-corrected chi connectivity index (χ1v) is 9.56. The van der Waals surface area contributed by atoms with Gasteiger partial charge < -0.3 is 25.2 Å². The number of thioether (sulfide) groups is 1. The molecule has 0 bridgehead atoms. The monoisotopic (exact) mass is 369 g/mol. The zero-order valence-corrected chi connectivity index (χ0v) is 16.9. The van der Waals surface area contributed by atoms with Crippen LogP contribution in [0.25, 0.3) is 0 Å². The number of guanidine groups is 1. The summed E-state index contributed by atoms with van der Waals surface area (Å²) in [6.45, 7) is 8.10. The van der Waals surface area contributed by atoms with Crippen LogP contribution in [0, 0.1) is 0 Å². The summed E-state index contributed by atoms with van der Waals surface area (Å²) in [6, 6.07) is 5.38. The highest BCUT2D eigenvalue weighted by atomic mass is 32.2. The van der Waals surface area contributed by atoms with Crippen LogP contribution in [0.5, 0.6) is 11.5 Å². The van der Waals surface area contributed by atoms with E-state index in [1.807, 2.05) is 6.92 Å². The van der Waals surface area contributed by atoms with Gasteiger partial charge in [-0.3, -0.25) is 4.99 Å². The number of ether oxygens (including phenoxy) is 2. The lowest BCUT2D eigenvalue weighted by atomic mass is 10.1. The average molecular weight is 370 g/mol. The lowest BCUT2D eigenvalue weighted by Gasteiger charge is -2.21. The predicted molar refractivity (Wildman–Crippen MR) is 106 cm³/mol.